The lowest BCUT2D eigenvalue weighted by atomic mass is 10.0. The summed E-state index contributed by atoms with van der Waals surface area (Å²) in [5.41, 5.74) is 3.48. The summed E-state index contributed by atoms with van der Waals surface area (Å²) in [6.07, 6.45) is 22.1. The van der Waals surface area contributed by atoms with Gasteiger partial charge in [0.25, 0.3) is 0 Å². The summed E-state index contributed by atoms with van der Waals surface area (Å²) in [6, 6.07) is 5.64. The molecule has 31 heavy (non-hydrogen) atoms. The number of amides is 1. The molecule has 0 unspecified atom stereocenters. The molecular weight excluding hydrogens is 452 g/mol. The third kappa shape index (κ3) is 15.1. The van der Waals surface area contributed by atoms with E-state index in [9.17, 15) is 4.79 Å². The highest BCUT2D eigenvalue weighted by Gasteiger charge is 2.02. The van der Waals surface area contributed by atoms with Gasteiger partial charge in [-0.3, -0.25) is 4.79 Å². The van der Waals surface area contributed by atoms with Crippen LogP contribution in [-0.2, 0) is 4.79 Å². The maximum absolute atomic E-state index is 11.9. The van der Waals surface area contributed by atoms with Gasteiger partial charge in [-0.05, 0) is 24.6 Å². The molecule has 0 fully saturated rings. The molecule has 176 valence electrons. The highest BCUT2D eigenvalue weighted by atomic mass is 79.9. The van der Waals surface area contributed by atoms with Gasteiger partial charge in [0.2, 0.25) is 5.91 Å². The number of hydrogen-bond acceptors (Lipinski definition) is 3. The predicted octanol–water partition coefficient (Wildman–Crippen LogP) is 8.17. The number of unbranched alkanes of at least 4 members (excludes halogenated alkanes) is 14. The van der Waals surface area contributed by atoms with E-state index in [1.807, 2.05) is 18.2 Å². The van der Waals surface area contributed by atoms with Gasteiger partial charge in [0, 0.05) is 16.5 Å². The van der Waals surface area contributed by atoms with Crippen LogP contribution in [0.15, 0.2) is 27.8 Å². The molecule has 0 heterocycles. The third-order valence-corrected chi connectivity index (χ3v) is 6.33. The number of carbonyl (C=O) groups excluding carboxylic acids is 1. The molecule has 1 N–H and O–H groups in total. The Morgan fingerprint density at radius 3 is 1.94 bits per heavy atom. The van der Waals surface area contributed by atoms with Gasteiger partial charge in [-0.25, -0.2) is 5.43 Å². The molecule has 0 aliphatic carbocycles. The molecule has 0 aliphatic rings. The Bertz CT molecular complexity index is 619. The zero-order valence-corrected chi connectivity index (χ0v) is 21.4. The van der Waals surface area contributed by atoms with Crippen molar-refractivity contribution in [1.29, 1.82) is 0 Å². The Hall–Kier alpha value is -1.36. The number of hydrogen-bond donors (Lipinski definition) is 1. The fourth-order valence-corrected chi connectivity index (χ4v) is 3.98. The van der Waals surface area contributed by atoms with Gasteiger partial charge in [0.05, 0.1) is 13.3 Å². The van der Waals surface area contributed by atoms with Crippen molar-refractivity contribution in [1.82, 2.24) is 5.43 Å². The molecule has 4 nitrogen and oxygen atoms in total. The SMILES string of the molecule is CCCCCCCCCCCCCCCCCC(=O)N/N=C\c1cc(OC)ccc1Br. The molecule has 5 heteroatoms. The lowest BCUT2D eigenvalue weighted by Gasteiger charge is -2.04. The van der Waals surface area contributed by atoms with Gasteiger partial charge in [0.15, 0.2) is 0 Å². The Kier molecular flexibility index (Phi) is 17.3. The molecule has 0 saturated heterocycles. The van der Waals surface area contributed by atoms with Crippen LogP contribution in [0.4, 0.5) is 0 Å². The van der Waals surface area contributed by atoms with Crippen molar-refractivity contribution in [3.63, 3.8) is 0 Å². The molecule has 1 aromatic carbocycles. The predicted molar refractivity (Wildman–Crippen MR) is 136 cm³/mol. The number of benzene rings is 1. The number of ether oxygens (including phenoxy) is 1. The van der Waals surface area contributed by atoms with E-state index >= 15 is 0 Å². The van der Waals surface area contributed by atoms with Crippen molar-refractivity contribution in [3.05, 3.63) is 28.2 Å². The molecule has 0 atom stereocenters. The minimum absolute atomic E-state index is 0.0232. The lowest BCUT2D eigenvalue weighted by Crippen LogP contribution is -2.16. The molecule has 0 radical (unpaired) electrons. The Morgan fingerprint density at radius 2 is 1.42 bits per heavy atom. The standard InChI is InChI=1S/C26H43BrN2O2/c1-3-4-5-6-7-8-9-10-11-12-13-14-15-16-17-18-26(30)29-28-22-23-21-24(31-2)19-20-25(23)27/h19-22H,3-18H2,1-2H3,(H,29,30)/b28-22-. The minimum atomic E-state index is -0.0232. The highest BCUT2D eigenvalue weighted by molar-refractivity contribution is 9.10. The van der Waals surface area contributed by atoms with Crippen LogP contribution in [0.1, 0.15) is 115 Å². The van der Waals surface area contributed by atoms with Crippen molar-refractivity contribution in [2.45, 2.75) is 110 Å². The second-order valence-electron chi connectivity index (χ2n) is 8.38. The molecule has 1 aromatic rings. The number of rotatable bonds is 19. The van der Waals surface area contributed by atoms with Gasteiger partial charge < -0.3 is 4.74 Å². The van der Waals surface area contributed by atoms with Gasteiger partial charge in [-0.15, -0.1) is 0 Å². The van der Waals surface area contributed by atoms with E-state index in [2.05, 4.69) is 33.4 Å². The molecular formula is C26H43BrN2O2. The fourth-order valence-electron chi connectivity index (χ4n) is 3.63. The molecule has 1 rings (SSSR count). The first-order chi connectivity index (χ1) is 15.2. The van der Waals surface area contributed by atoms with Crippen LogP contribution in [0.2, 0.25) is 0 Å². The van der Waals surface area contributed by atoms with Gasteiger partial charge in [0.1, 0.15) is 5.75 Å². The normalized spacial score (nSPS) is 11.2. The average molecular weight is 496 g/mol. The zero-order valence-electron chi connectivity index (χ0n) is 19.8. The summed E-state index contributed by atoms with van der Waals surface area (Å²) in [5.74, 6) is 0.735. The minimum Gasteiger partial charge on any atom is -0.497 e. The molecule has 0 bridgehead atoms. The van der Waals surface area contributed by atoms with E-state index in [0.29, 0.717) is 6.42 Å². The summed E-state index contributed by atoms with van der Waals surface area (Å²) < 4.78 is 6.12. The van der Waals surface area contributed by atoms with E-state index in [1.165, 1.54) is 83.5 Å². The summed E-state index contributed by atoms with van der Waals surface area (Å²) in [5, 5.41) is 4.06. The monoisotopic (exact) mass is 494 g/mol. The number of methoxy groups -OCH3 is 1. The van der Waals surface area contributed by atoms with Crippen LogP contribution < -0.4 is 10.2 Å². The number of hydrazone groups is 1. The van der Waals surface area contributed by atoms with E-state index in [1.54, 1.807) is 13.3 Å². The van der Waals surface area contributed by atoms with Gasteiger partial charge in [-0.1, -0.05) is 113 Å². The first kappa shape index (κ1) is 27.7. The number of halogens is 1. The Balaban J connectivity index is 1.93. The van der Waals surface area contributed by atoms with E-state index in [4.69, 9.17) is 4.74 Å². The Morgan fingerprint density at radius 1 is 0.903 bits per heavy atom. The van der Waals surface area contributed by atoms with E-state index < -0.39 is 0 Å². The van der Waals surface area contributed by atoms with Crippen molar-refractivity contribution in [2.75, 3.05) is 7.11 Å². The zero-order chi connectivity index (χ0) is 22.6. The topological polar surface area (TPSA) is 50.7 Å². The second kappa shape index (κ2) is 19.3. The molecule has 0 aromatic heterocycles. The largest absolute Gasteiger partial charge is 0.497 e. The fraction of sp³-hybridized carbons (Fsp3) is 0.692. The van der Waals surface area contributed by atoms with Crippen LogP contribution in [0.5, 0.6) is 5.75 Å². The third-order valence-electron chi connectivity index (χ3n) is 5.60. The maximum Gasteiger partial charge on any atom is 0.240 e. The van der Waals surface area contributed by atoms with Crippen LogP contribution in [0.25, 0.3) is 0 Å². The molecule has 1 amide bonds. The molecule has 0 spiro atoms. The highest BCUT2D eigenvalue weighted by Crippen LogP contribution is 2.20. The maximum atomic E-state index is 11.9. The van der Waals surface area contributed by atoms with Crippen molar-refractivity contribution < 1.29 is 9.53 Å². The quantitative estimate of drug-likeness (QED) is 0.120. The first-order valence-electron chi connectivity index (χ1n) is 12.3. The van der Waals surface area contributed by atoms with Crippen LogP contribution in [0, 0.1) is 0 Å². The molecule has 0 aliphatic heterocycles. The van der Waals surface area contributed by atoms with Crippen LogP contribution in [-0.4, -0.2) is 19.2 Å². The molecule has 0 saturated carbocycles. The summed E-state index contributed by atoms with van der Waals surface area (Å²) in [4.78, 5) is 11.9. The second-order valence-corrected chi connectivity index (χ2v) is 9.23. The van der Waals surface area contributed by atoms with E-state index in [-0.39, 0.29) is 5.91 Å². The van der Waals surface area contributed by atoms with Crippen molar-refractivity contribution >= 4 is 28.1 Å². The summed E-state index contributed by atoms with van der Waals surface area (Å²) in [7, 11) is 1.63. The Labute approximate surface area is 198 Å². The number of carbonyl (C=O) groups is 1. The van der Waals surface area contributed by atoms with Crippen molar-refractivity contribution in [2.24, 2.45) is 5.10 Å². The van der Waals surface area contributed by atoms with Crippen LogP contribution >= 0.6 is 15.9 Å². The van der Waals surface area contributed by atoms with E-state index in [0.717, 1.165) is 28.6 Å². The van der Waals surface area contributed by atoms with Gasteiger partial charge in [-0.2, -0.15) is 5.10 Å². The van der Waals surface area contributed by atoms with Crippen LogP contribution in [0.3, 0.4) is 0 Å². The number of nitrogens with zero attached hydrogens (tertiary/aromatic N) is 1. The smallest absolute Gasteiger partial charge is 0.240 e. The average Bonchev–Trinajstić information content (AvgIpc) is 2.77. The lowest BCUT2D eigenvalue weighted by molar-refractivity contribution is -0.121. The van der Waals surface area contributed by atoms with Gasteiger partial charge >= 0.3 is 0 Å². The summed E-state index contributed by atoms with van der Waals surface area (Å²) >= 11 is 3.47. The summed E-state index contributed by atoms with van der Waals surface area (Å²) in [6.45, 7) is 2.28. The van der Waals surface area contributed by atoms with Crippen molar-refractivity contribution in [3.8, 4) is 5.75 Å². The number of nitrogens with one attached hydrogen (secondary N) is 1. The first-order valence-corrected chi connectivity index (χ1v) is 13.1.